The monoisotopic (exact) mass is 447 g/mol. The summed E-state index contributed by atoms with van der Waals surface area (Å²) in [5.41, 5.74) is 5.84. The zero-order chi connectivity index (χ0) is 21.4. The molecule has 0 aliphatic carbocycles. The van der Waals surface area contributed by atoms with Crippen molar-refractivity contribution < 1.29 is 9.90 Å². The fourth-order valence-electron chi connectivity index (χ4n) is 4.54. The Hall–Kier alpha value is -1.82. The van der Waals surface area contributed by atoms with Gasteiger partial charge in [0, 0.05) is 31.7 Å². The van der Waals surface area contributed by atoms with E-state index < -0.39 is 5.97 Å². The molecule has 7 heteroatoms. The van der Waals surface area contributed by atoms with Gasteiger partial charge in [0.05, 0.1) is 27.3 Å². The Morgan fingerprint density at radius 2 is 1.77 bits per heavy atom. The second-order valence-corrected chi connectivity index (χ2v) is 9.29. The van der Waals surface area contributed by atoms with E-state index in [1.165, 1.54) is 16.7 Å². The van der Waals surface area contributed by atoms with Gasteiger partial charge in [0.25, 0.3) is 0 Å². The zero-order valence-corrected chi connectivity index (χ0v) is 18.9. The zero-order valence-electron chi connectivity index (χ0n) is 17.4. The molecule has 0 atom stereocenters. The number of piperidine rings is 1. The first-order valence-electron chi connectivity index (χ1n) is 10.4. The average molecular weight is 448 g/mol. The third kappa shape index (κ3) is 4.16. The van der Waals surface area contributed by atoms with Crippen LogP contribution in [0.25, 0.3) is 0 Å². The highest BCUT2D eigenvalue weighted by Gasteiger charge is 2.32. The van der Waals surface area contributed by atoms with Crippen LogP contribution < -0.4 is 4.90 Å². The summed E-state index contributed by atoms with van der Waals surface area (Å²) in [4.78, 5) is 20.5. The minimum absolute atomic E-state index is 0.201. The van der Waals surface area contributed by atoms with Gasteiger partial charge in [-0.3, -0.25) is 14.7 Å². The van der Waals surface area contributed by atoms with Crippen molar-refractivity contribution >= 4 is 34.9 Å². The van der Waals surface area contributed by atoms with Gasteiger partial charge in [-0.15, -0.1) is 0 Å². The second-order valence-electron chi connectivity index (χ2n) is 8.47. The van der Waals surface area contributed by atoms with E-state index in [-0.39, 0.29) is 5.92 Å². The van der Waals surface area contributed by atoms with Crippen LogP contribution in [-0.2, 0) is 11.3 Å². The molecule has 30 heavy (non-hydrogen) atoms. The summed E-state index contributed by atoms with van der Waals surface area (Å²) >= 11 is 12.7. The van der Waals surface area contributed by atoms with Crippen LogP contribution in [0.15, 0.2) is 24.4 Å². The van der Waals surface area contributed by atoms with Crippen molar-refractivity contribution in [3.63, 3.8) is 0 Å². The second kappa shape index (κ2) is 8.74. The number of rotatable bonds is 5. The quantitative estimate of drug-likeness (QED) is 0.705. The van der Waals surface area contributed by atoms with Gasteiger partial charge >= 0.3 is 5.97 Å². The maximum Gasteiger partial charge on any atom is 0.306 e. The van der Waals surface area contributed by atoms with Crippen molar-refractivity contribution in [2.24, 2.45) is 5.92 Å². The Bertz CT molecular complexity index is 931. The number of nitrogens with zero attached hydrogens (tertiary/aromatic N) is 3. The fourth-order valence-corrected chi connectivity index (χ4v) is 5.18. The number of para-hydroxylation sites is 1. The first-order valence-corrected chi connectivity index (χ1v) is 11.2. The lowest BCUT2D eigenvalue weighted by molar-refractivity contribution is -0.143. The van der Waals surface area contributed by atoms with Crippen LogP contribution >= 0.6 is 23.2 Å². The van der Waals surface area contributed by atoms with E-state index in [2.05, 4.69) is 23.6 Å². The molecule has 0 bridgehead atoms. The number of hydrogen-bond donors (Lipinski definition) is 1. The highest BCUT2D eigenvalue weighted by molar-refractivity contribution is 6.39. The first kappa shape index (κ1) is 21.4. The Labute approximate surface area is 187 Å². The molecule has 2 aromatic rings. The predicted molar refractivity (Wildman–Crippen MR) is 121 cm³/mol. The SMILES string of the molecule is Cc1c(C2CN(c3c(Cl)cccc3Cl)C2)cnc(CN2CCC(C(=O)O)CC2)c1C. The molecule has 0 saturated carbocycles. The number of benzene rings is 1. The minimum atomic E-state index is -0.670. The number of likely N-dealkylation sites (tertiary alicyclic amines) is 1. The molecule has 1 aromatic carbocycles. The Morgan fingerprint density at radius 3 is 2.37 bits per heavy atom. The lowest BCUT2D eigenvalue weighted by atomic mass is 9.87. The fraction of sp³-hybridized carbons (Fsp3) is 0.478. The van der Waals surface area contributed by atoms with E-state index in [9.17, 15) is 9.90 Å². The molecule has 2 fully saturated rings. The summed E-state index contributed by atoms with van der Waals surface area (Å²) in [6.45, 7) is 8.50. The first-order chi connectivity index (χ1) is 14.3. The number of aliphatic carboxylic acids is 1. The summed E-state index contributed by atoms with van der Waals surface area (Å²) in [7, 11) is 0. The van der Waals surface area contributed by atoms with Crippen LogP contribution in [-0.4, -0.2) is 47.1 Å². The van der Waals surface area contributed by atoms with Gasteiger partial charge in [-0.1, -0.05) is 29.3 Å². The number of aromatic nitrogens is 1. The average Bonchev–Trinajstić information content (AvgIpc) is 2.68. The smallest absolute Gasteiger partial charge is 0.306 e. The van der Waals surface area contributed by atoms with E-state index in [4.69, 9.17) is 28.2 Å². The summed E-state index contributed by atoms with van der Waals surface area (Å²) in [6, 6.07) is 5.62. The van der Waals surface area contributed by atoms with E-state index in [1.54, 1.807) is 0 Å². The summed E-state index contributed by atoms with van der Waals surface area (Å²) < 4.78 is 0. The highest BCUT2D eigenvalue weighted by Crippen LogP contribution is 2.41. The molecule has 1 aromatic heterocycles. The molecule has 0 radical (unpaired) electrons. The third-order valence-electron chi connectivity index (χ3n) is 6.67. The molecule has 5 nitrogen and oxygen atoms in total. The van der Waals surface area contributed by atoms with E-state index in [1.807, 2.05) is 24.4 Å². The van der Waals surface area contributed by atoms with Gasteiger partial charge in [0.15, 0.2) is 0 Å². The molecule has 2 saturated heterocycles. The van der Waals surface area contributed by atoms with Gasteiger partial charge < -0.3 is 10.0 Å². The largest absolute Gasteiger partial charge is 0.481 e. The molecule has 0 spiro atoms. The van der Waals surface area contributed by atoms with Gasteiger partial charge in [0.1, 0.15) is 0 Å². The van der Waals surface area contributed by atoms with E-state index in [0.717, 1.165) is 44.1 Å². The van der Waals surface area contributed by atoms with Crippen LogP contribution in [0.4, 0.5) is 5.69 Å². The summed E-state index contributed by atoms with van der Waals surface area (Å²) in [6.07, 6.45) is 3.46. The molecular weight excluding hydrogens is 421 g/mol. The van der Waals surface area contributed by atoms with Crippen molar-refractivity contribution in [3.8, 4) is 0 Å². The van der Waals surface area contributed by atoms with Gasteiger partial charge in [-0.2, -0.15) is 0 Å². The highest BCUT2D eigenvalue weighted by atomic mass is 35.5. The maximum atomic E-state index is 11.2. The normalized spacial score (nSPS) is 18.5. The van der Waals surface area contributed by atoms with Gasteiger partial charge in [-0.05, 0) is 68.6 Å². The van der Waals surface area contributed by atoms with Crippen molar-refractivity contribution in [2.75, 3.05) is 31.1 Å². The molecule has 1 N–H and O–H groups in total. The van der Waals surface area contributed by atoms with E-state index >= 15 is 0 Å². The van der Waals surface area contributed by atoms with E-state index in [0.29, 0.717) is 28.8 Å². The molecule has 2 aliphatic rings. The molecule has 4 rings (SSSR count). The van der Waals surface area contributed by atoms with Crippen molar-refractivity contribution in [1.29, 1.82) is 0 Å². The minimum Gasteiger partial charge on any atom is -0.481 e. The number of anilines is 1. The Kier molecular flexibility index (Phi) is 6.24. The van der Waals surface area contributed by atoms with Crippen LogP contribution in [0.1, 0.15) is 41.1 Å². The van der Waals surface area contributed by atoms with Crippen molar-refractivity contribution in [2.45, 2.75) is 39.2 Å². The predicted octanol–water partition coefficient (Wildman–Crippen LogP) is 4.91. The lowest BCUT2D eigenvalue weighted by Gasteiger charge is -2.42. The van der Waals surface area contributed by atoms with Crippen LogP contribution in [0.3, 0.4) is 0 Å². The number of carbonyl (C=O) groups is 1. The number of carboxylic acid groups (broad SMARTS) is 1. The van der Waals surface area contributed by atoms with Crippen LogP contribution in [0.2, 0.25) is 10.0 Å². The summed E-state index contributed by atoms with van der Waals surface area (Å²) in [5.74, 6) is -0.451. The molecule has 2 aliphatic heterocycles. The maximum absolute atomic E-state index is 11.2. The number of pyridine rings is 1. The molecule has 0 amide bonds. The number of carboxylic acids is 1. The van der Waals surface area contributed by atoms with Crippen molar-refractivity contribution in [1.82, 2.24) is 9.88 Å². The molecule has 3 heterocycles. The summed E-state index contributed by atoms with van der Waals surface area (Å²) in [5, 5.41) is 10.6. The molecule has 160 valence electrons. The van der Waals surface area contributed by atoms with Crippen LogP contribution in [0, 0.1) is 19.8 Å². The topological polar surface area (TPSA) is 56.7 Å². The lowest BCUT2D eigenvalue weighted by Crippen LogP contribution is -2.45. The number of hydrogen-bond acceptors (Lipinski definition) is 4. The Balaban J connectivity index is 1.41. The standard InChI is InChI=1S/C23H27Cl2N3O2/c1-14-15(2)21(13-27-8-6-16(7-9-27)23(29)30)26-10-18(14)17-11-28(12-17)22-19(24)4-3-5-20(22)25/h3-5,10,16-17H,6-9,11-13H2,1-2H3,(H,29,30). The van der Waals surface area contributed by atoms with Gasteiger partial charge in [0.2, 0.25) is 0 Å². The molecular formula is C23H27Cl2N3O2. The van der Waals surface area contributed by atoms with Crippen molar-refractivity contribution in [3.05, 3.63) is 56.8 Å². The Morgan fingerprint density at radius 1 is 1.13 bits per heavy atom. The van der Waals surface area contributed by atoms with Gasteiger partial charge in [-0.25, -0.2) is 0 Å². The van der Waals surface area contributed by atoms with Crippen LogP contribution in [0.5, 0.6) is 0 Å². The number of halogens is 2. The third-order valence-corrected chi connectivity index (χ3v) is 7.28. The molecule has 0 unspecified atom stereocenters.